The molecule has 0 radical (unpaired) electrons. The molecule has 0 aliphatic carbocycles. The molecule has 1 N–H and O–H groups in total. The van der Waals surface area contributed by atoms with Crippen LogP contribution in [0.1, 0.15) is 17.2 Å². The Morgan fingerprint density at radius 1 is 1.16 bits per heavy atom. The fourth-order valence-electron chi connectivity index (χ4n) is 1.64. The van der Waals surface area contributed by atoms with Crippen molar-refractivity contribution in [3.8, 4) is 5.75 Å². The van der Waals surface area contributed by atoms with Gasteiger partial charge in [0.2, 0.25) is 0 Å². The standard InChI is InChI=1S/C15H14Cl2O2/c1-10-5-6-11(7-14(10)17)15(18)9-19-13-4-2-3-12(16)8-13/h2-8,15,18H,9H2,1H3. The van der Waals surface area contributed by atoms with Crippen LogP contribution < -0.4 is 4.74 Å². The number of aryl methyl sites for hydroxylation is 1. The smallest absolute Gasteiger partial charge is 0.120 e. The molecule has 19 heavy (non-hydrogen) atoms. The first kappa shape index (κ1) is 14.2. The van der Waals surface area contributed by atoms with Gasteiger partial charge >= 0.3 is 0 Å². The van der Waals surface area contributed by atoms with Crippen molar-refractivity contribution in [2.24, 2.45) is 0 Å². The van der Waals surface area contributed by atoms with Crippen molar-refractivity contribution in [3.63, 3.8) is 0 Å². The maximum absolute atomic E-state index is 10.0. The summed E-state index contributed by atoms with van der Waals surface area (Å²) in [5, 5.41) is 11.3. The number of hydrogen-bond acceptors (Lipinski definition) is 2. The van der Waals surface area contributed by atoms with Gasteiger partial charge in [-0.25, -0.2) is 0 Å². The summed E-state index contributed by atoms with van der Waals surface area (Å²) in [6, 6.07) is 12.5. The van der Waals surface area contributed by atoms with Gasteiger partial charge in [0, 0.05) is 10.0 Å². The average molecular weight is 297 g/mol. The Bertz CT molecular complexity index is 570. The summed E-state index contributed by atoms with van der Waals surface area (Å²) in [7, 11) is 0. The summed E-state index contributed by atoms with van der Waals surface area (Å²) in [5.41, 5.74) is 1.71. The molecule has 1 unspecified atom stereocenters. The first-order chi connectivity index (χ1) is 9.06. The third-order valence-corrected chi connectivity index (χ3v) is 3.43. The van der Waals surface area contributed by atoms with E-state index in [1.807, 2.05) is 19.1 Å². The monoisotopic (exact) mass is 296 g/mol. The SMILES string of the molecule is Cc1ccc(C(O)COc2cccc(Cl)c2)cc1Cl. The molecule has 0 saturated carbocycles. The Balaban J connectivity index is 2.01. The summed E-state index contributed by atoms with van der Waals surface area (Å²) < 4.78 is 5.50. The minimum absolute atomic E-state index is 0.153. The average Bonchev–Trinajstić information content (AvgIpc) is 2.39. The summed E-state index contributed by atoms with van der Waals surface area (Å²) in [6.07, 6.45) is -0.725. The highest BCUT2D eigenvalue weighted by atomic mass is 35.5. The third kappa shape index (κ3) is 3.87. The fourth-order valence-corrected chi connectivity index (χ4v) is 2.01. The van der Waals surface area contributed by atoms with Crippen molar-refractivity contribution in [3.05, 3.63) is 63.6 Å². The zero-order valence-corrected chi connectivity index (χ0v) is 11.9. The van der Waals surface area contributed by atoms with Crippen LogP contribution in [0.2, 0.25) is 10.0 Å². The van der Waals surface area contributed by atoms with Crippen LogP contribution in [0.5, 0.6) is 5.75 Å². The van der Waals surface area contributed by atoms with Crippen LogP contribution in [-0.4, -0.2) is 11.7 Å². The second-order valence-corrected chi connectivity index (χ2v) is 5.14. The zero-order chi connectivity index (χ0) is 13.8. The molecule has 0 aliphatic rings. The third-order valence-electron chi connectivity index (χ3n) is 2.78. The Morgan fingerprint density at radius 2 is 1.95 bits per heavy atom. The van der Waals surface area contributed by atoms with E-state index >= 15 is 0 Å². The molecule has 0 spiro atoms. The lowest BCUT2D eigenvalue weighted by molar-refractivity contribution is 0.108. The van der Waals surface area contributed by atoms with E-state index in [0.29, 0.717) is 15.8 Å². The van der Waals surface area contributed by atoms with E-state index in [4.69, 9.17) is 27.9 Å². The molecule has 0 aliphatic heterocycles. The second kappa shape index (κ2) is 6.29. The quantitative estimate of drug-likeness (QED) is 0.905. The number of benzene rings is 2. The van der Waals surface area contributed by atoms with Crippen molar-refractivity contribution in [2.45, 2.75) is 13.0 Å². The van der Waals surface area contributed by atoms with Crippen LogP contribution in [0, 0.1) is 6.92 Å². The molecule has 2 aromatic rings. The van der Waals surface area contributed by atoms with Crippen LogP contribution in [0.4, 0.5) is 0 Å². The van der Waals surface area contributed by atoms with Crippen LogP contribution in [0.25, 0.3) is 0 Å². The molecule has 0 amide bonds. The number of halogens is 2. The number of hydrogen-bond donors (Lipinski definition) is 1. The van der Waals surface area contributed by atoms with Gasteiger partial charge in [-0.2, -0.15) is 0 Å². The van der Waals surface area contributed by atoms with Crippen molar-refractivity contribution in [2.75, 3.05) is 6.61 Å². The number of ether oxygens (including phenoxy) is 1. The summed E-state index contributed by atoms with van der Waals surface area (Å²) in [5.74, 6) is 0.629. The molecule has 0 heterocycles. The minimum Gasteiger partial charge on any atom is -0.490 e. The predicted molar refractivity (Wildman–Crippen MR) is 78.1 cm³/mol. The van der Waals surface area contributed by atoms with E-state index in [2.05, 4.69) is 0 Å². The van der Waals surface area contributed by atoms with E-state index in [1.165, 1.54) is 0 Å². The van der Waals surface area contributed by atoms with Gasteiger partial charge in [0.15, 0.2) is 0 Å². The molecule has 0 fully saturated rings. The van der Waals surface area contributed by atoms with Gasteiger partial charge < -0.3 is 9.84 Å². The fraction of sp³-hybridized carbons (Fsp3) is 0.200. The lowest BCUT2D eigenvalue weighted by Gasteiger charge is -2.13. The van der Waals surface area contributed by atoms with E-state index in [9.17, 15) is 5.11 Å². The minimum atomic E-state index is -0.725. The van der Waals surface area contributed by atoms with Gasteiger partial charge in [-0.1, -0.05) is 41.4 Å². The van der Waals surface area contributed by atoms with Crippen LogP contribution in [-0.2, 0) is 0 Å². The van der Waals surface area contributed by atoms with E-state index in [0.717, 1.165) is 11.1 Å². The zero-order valence-electron chi connectivity index (χ0n) is 10.4. The maximum atomic E-state index is 10.0. The van der Waals surface area contributed by atoms with Crippen LogP contribution in [0.15, 0.2) is 42.5 Å². The summed E-state index contributed by atoms with van der Waals surface area (Å²) in [4.78, 5) is 0. The largest absolute Gasteiger partial charge is 0.490 e. The Hall–Kier alpha value is -1.22. The maximum Gasteiger partial charge on any atom is 0.120 e. The van der Waals surface area contributed by atoms with Crippen LogP contribution >= 0.6 is 23.2 Å². The summed E-state index contributed by atoms with van der Waals surface area (Å²) >= 11 is 11.9. The number of aliphatic hydroxyl groups is 1. The first-order valence-corrected chi connectivity index (χ1v) is 6.64. The molecule has 0 bridgehead atoms. The molecule has 2 nitrogen and oxygen atoms in total. The molecular formula is C15H14Cl2O2. The molecule has 2 aromatic carbocycles. The Kier molecular flexibility index (Phi) is 4.70. The Labute approximate surface area is 122 Å². The van der Waals surface area contributed by atoms with Crippen molar-refractivity contribution in [1.82, 2.24) is 0 Å². The van der Waals surface area contributed by atoms with Crippen molar-refractivity contribution < 1.29 is 9.84 Å². The molecule has 0 aromatic heterocycles. The molecule has 100 valence electrons. The van der Waals surface area contributed by atoms with E-state index in [-0.39, 0.29) is 6.61 Å². The molecule has 0 saturated heterocycles. The highest BCUT2D eigenvalue weighted by Gasteiger charge is 2.10. The first-order valence-electron chi connectivity index (χ1n) is 5.89. The van der Waals surface area contributed by atoms with E-state index in [1.54, 1.807) is 30.3 Å². The van der Waals surface area contributed by atoms with Gasteiger partial charge in [0.05, 0.1) is 0 Å². The van der Waals surface area contributed by atoms with Crippen LogP contribution in [0.3, 0.4) is 0 Å². The number of rotatable bonds is 4. The van der Waals surface area contributed by atoms with Gasteiger partial charge in [-0.3, -0.25) is 0 Å². The molecular weight excluding hydrogens is 283 g/mol. The van der Waals surface area contributed by atoms with Gasteiger partial charge in [0.1, 0.15) is 18.5 Å². The highest BCUT2D eigenvalue weighted by Crippen LogP contribution is 2.23. The van der Waals surface area contributed by atoms with Crippen molar-refractivity contribution >= 4 is 23.2 Å². The van der Waals surface area contributed by atoms with E-state index < -0.39 is 6.10 Å². The van der Waals surface area contributed by atoms with Gasteiger partial charge in [-0.15, -0.1) is 0 Å². The lowest BCUT2D eigenvalue weighted by atomic mass is 10.1. The number of aliphatic hydroxyl groups excluding tert-OH is 1. The van der Waals surface area contributed by atoms with Gasteiger partial charge in [0.25, 0.3) is 0 Å². The highest BCUT2D eigenvalue weighted by molar-refractivity contribution is 6.31. The predicted octanol–water partition coefficient (Wildman–Crippen LogP) is 4.41. The van der Waals surface area contributed by atoms with Crippen molar-refractivity contribution in [1.29, 1.82) is 0 Å². The normalized spacial score (nSPS) is 12.2. The summed E-state index contributed by atoms with van der Waals surface area (Å²) in [6.45, 7) is 2.07. The molecule has 2 rings (SSSR count). The second-order valence-electron chi connectivity index (χ2n) is 4.29. The molecule has 1 atom stereocenters. The lowest BCUT2D eigenvalue weighted by Crippen LogP contribution is -2.09. The Morgan fingerprint density at radius 3 is 2.63 bits per heavy atom. The molecule has 4 heteroatoms. The van der Waals surface area contributed by atoms with Gasteiger partial charge in [-0.05, 0) is 42.3 Å². The topological polar surface area (TPSA) is 29.5 Å².